The lowest BCUT2D eigenvalue weighted by Crippen LogP contribution is -2.67. The number of urea groups is 1. The maximum atomic E-state index is 14.3. The van der Waals surface area contributed by atoms with E-state index in [0.29, 0.717) is 25.4 Å². The van der Waals surface area contributed by atoms with Crippen LogP contribution in [-0.4, -0.2) is 59.0 Å². The van der Waals surface area contributed by atoms with Crippen LogP contribution in [0.1, 0.15) is 29.2 Å². The summed E-state index contributed by atoms with van der Waals surface area (Å²) in [7, 11) is 1.58. The van der Waals surface area contributed by atoms with E-state index in [1.54, 1.807) is 31.4 Å². The molecule has 0 unspecified atom stereocenters. The first-order chi connectivity index (χ1) is 19.4. The topological polar surface area (TPSA) is 101 Å². The highest BCUT2D eigenvalue weighted by Crippen LogP contribution is 2.38. The number of aromatic nitrogens is 1. The number of imide groups is 2. The molecule has 3 atom stereocenters. The summed E-state index contributed by atoms with van der Waals surface area (Å²) in [6.45, 7) is 2.15. The molecule has 3 aliphatic heterocycles. The largest absolute Gasteiger partial charge is 0.497 e. The molecule has 4 heterocycles. The molecule has 3 aliphatic rings. The van der Waals surface area contributed by atoms with E-state index in [1.165, 1.54) is 4.90 Å². The van der Waals surface area contributed by atoms with Crippen LogP contribution in [0, 0.1) is 11.3 Å². The Labute approximate surface area is 232 Å². The number of fused-ring (bicyclic) bond motifs is 4. The molecule has 0 spiro atoms. The van der Waals surface area contributed by atoms with Crippen molar-refractivity contribution in [2.24, 2.45) is 11.3 Å². The maximum Gasteiger partial charge on any atom is 0.331 e. The molecule has 9 nitrogen and oxygen atoms in total. The number of methoxy groups -OCH3 is 1. The Balaban J connectivity index is 1.34. The Morgan fingerprint density at radius 3 is 2.40 bits per heavy atom. The van der Waals surface area contributed by atoms with E-state index < -0.39 is 23.3 Å². The maximum absolute atomic E-state index is 14.3. The Morgan fingerprint density at radius 2 is 1.65 bits per heavy atom. The van der Waals surface area contributed by atoms with E-state index in [-0.39, 0.29) is 36.9 Å². The summed E-state index contributed by atoms with van der Waals surface area (Å²) in [5, 5.41) is 2.51. The number of likely N-dealkylation sites (tertiary alicyclic amines) is 1. The van der Waals surface area contributed by atoms with E-state index in [4.69, 9.17) is 4.74 Å². The number of carbonyl (C=O) groups excluding carboxylic acids is 3. The summed E-state index contributed by atoms with van der Waals surface area (Å²) in [6.07, 6.45) is 1.10. The van der Waals surface area contributed by atoms with E-state index in [0.717, 1.165) is 23.2 Å². The lowest BCUT2D eigenvalue weighted by atomic mass is 9.75. The molecule has 1 aromatic heterocycles. The van der Waals surface area contributed by atoms with Crippen molar-refractivity contribution in [3.8, 4) is 5.75 Å². The lowest BCUT2D eigenvalue weighted by Gasteiger charge is -2.47. The van der Waals surface area contributed by atoms with Gasteiger partial charge in [0, 0.05) is 43.9 Å². The van der Waals surface area contributed by atoms with Crippen molar-refractivity contribution in [3.63, 3.8) is 0 Å². The molecule has 2 aromatic carbocycles. The van der Waals surface area contributed by atoms with Gasteiger partial charge in [0.2, 0.25) is 11.8 Å². The molecule has 40 heavy (non-hydrogen) atoms. The second-order valence-corrected chi connectivity index (χ2v) is 11.1. The van der Waals surface area contributed by atoms with Crippen LogP contribution in [-0.2, 0) is 29.1 Å². The van der Waals surface area contributed by atoms with Crippen molar-refractivity contribution in [2.45, 2.75) is 31.8 Å². The molecule has 2 bridgehead atoms. The first kappa shape index (κ1) is 26.0. The minimum absolute atomic E-state index is 0.00790. The van der Waals surface area contributed by atoms with Crippen molar-refractivity contribution in [3.05, 3.63) is 100.0 Å². The molecular formula is C31H32N4O5. The lowest BCUT2D eigenvalue weighted by molar-refractivity contribution is -0.154. The van der Waals surface area contributed by atoms with Gasteiger partial charge in [-0.15, -0.1) is 0 Å². The fraction of sp³-hybridized carbons (Fsp3) is 0.355. The zero-order valence-electron chi connectivity index (χ0n) is 22.4. The van der Waals surface area contributed by atoms with Gasteiger partial charge in [-0.2, -0.15) is 0 Å². The highest BCUT2D eigenvalue weighted by atomic mass is 16.5. The number of ether oxygens (including phenoxy) is 1. The van der Waals surface area contributed by atoms with Crippen LogP contribution in [0.15, 0.2) is 77.6 Å². The predicted molar refractivity (Wildman–Crippen MR) is 148 cm³/mol. The SMILES string of the molecule is COc1ccc(C[C@@]2(CN3C[C@H]4C[C@@H](C3)c3cccc(=O)n3C4)C(=O)NC(=O)N(Cc3ccccc3)C2=O)cc1. The van der Waals surface area contributed by atoms with E-state index in [2.05, 4.69) is 10.2 Å². The molecular weight excluding hydrogens is 508 g/mol. The van der Waals surface area contributed by atoms with E-state index in [9.17, 15) is 19.2 Å². The second-order valence-electron chi connectivity index (χ2n) is 11.1. The fourth-order valence-electron chi connectivity index (χ4n) is 6.59. The Morgan fingerprint density at radius 1 is 0.875 bits per heavy atom. The normalized spacial score (nSPS) is 24.4. The highest BCUT2D eigenvalue weighted by molar-refractivity contribution is 6.19. The van der Waals surface area contributed by atoms with Gasteiger partial charge in [0.25, 0.3) is 5.56 Å². The van der Waals surface area contributed by atoms with Crippen molar-refractivity contribution >= 4 is 17.8 Å². The molecule has 2 saturated heterocycles. The number of nitrogens with one attached hydrogen (secondary N) is 1. The number of rotatable bonds is 7. The quantitative estimate of drug-likeness (QED) is 0.463. The average molecular weight is 541 g/mol. The third-order valence-electron chi connectivity index (χ3n) is 8.45. The number of nitrogens with zero attached hydrogens (tertiary/aromatic N) is 3. The Hall–Kier alpha value is -4.24. The standard InChI is InChI=1S/C31H32N4O5/c1-40-25-12-10-21(11-13-25)15-31(28(37)32-30(39)35(29(31)38)17-22-6-3-2-4-7-22)20-33-16-23-14-24(19-33)26-8-5-9-27(36)34(26)18-23/h2-13,23-24H,14-20H2,1H3,(H,32,37,39)/t23-,24+,31-/m1/s1. The van der Waals surface area contributed by atoms with Gasteiger partial charge in [-0.25, -0.2) is 4.79 Å². The van der Waals surface area contributed by atoms with Gasteiger partial charge in [0.15, 0.2) is 0 Å². The van der Waals surface area contributed by atoms with Crippen LogP contribution in [0.5, 0.6) is 5.75 Å². The van der Waals surface area contributed by atoms with Crippen LogP contribution in [0.4, 0.5) is 4.79 Å². The van der Waals surface area contributed by atoms with Crippen LogP contribution in [0.25, 0.3) is 0 Å². The third-order valence-corrected chi connectivity index (χ3v) is 8.45. The van der Waals surface area contributed by atoms with Gasteiger partial charge in [-0.1, -0.05) is 48.5 Å². The number of piperidine rings is 1. The summed E-state index contributed by atoms with van der Waals surface area (Å²) in [5.41, 5.74) is 1.10. The second kappa shape index (κ2) is 10.4. The highest BCUT2D eigenvalue weighted by Gasteiger charge is 2.55. The van der Waals surface area contributed by atoms with Crippen LogP contribution in [0.3, 0.4) is 0 Å². The van der Waals surface area contributed by atoms with Gasteiger partial charge >= 0.3 is 6.03 Å². The van der Waals surface area contributed by atoms with Gasteiger partial charge < -0.3 is 14.2 Å². The monoisotopic (exact) mass is 540 g/mol. The van der Waals surface area contributed by atoms with Gasteiger partial charge in [0.1, 0.15) is 11.2 Å². The van der Waals surface area contributed by atoms with Crippen molar-refractivity contribution < 1.29 is 19.1 Å². The molecule has 2 fully saturated rings. The van der Waals surface area contributed by atoms with Crippen LogP contribution in [0.2, 0.25) is 0 Å². The summed E-state index contributed by atoms with van der Waals surface area (Å²) in [5.74, 6) is -0.0319. The molecule has 6 rings (SSSR count). The van der Waals surface area contributed by atoms with E-state index in [1.807, 2.05) is 53.1 Å². The summed E-state index contributed by atoms with van der Waals surface area (Å²) >= 11 is 0. The number of carbonyl (C=O) groups is 3. The smallest absolute Gasteiger partial charge is 0.331 e. The average Bonchev–Trinajstić information content (AvgIpc) is 2.96. The molecule has 0 aliphatic carbocycles. The van der Waals surface area contributed by atoms with Gasteiger partial charge in [0.05, 0.1) is 13.7 Å². The minimum Gasteiger partial charge on any atom is -0.497 e. The first-order valence-corrected chi connectivity index (χ1v) is 13.6. The first-order valence-electron chi connectivity index (χ1n) is 13.6. The van der Waals surface area contributed by atoms with Gasteiger partial charge in [-0.05, 0) is 48.1 Å². The molecule has 206 valence electrons. The summed E-state index contributed by atoms with van der Waals surface area (Å²) in [6, 6.07) is 21.3. The van der Waals surface area contributed by atoms with Gasteiger partial charge in [-0.3, -0.25) is 24.6 Å². The van der Waals surface area contributed by atoms with Crippen LogP contribution >= 0.6 is 0 Å². The third kappa shape index (κ3) is 4.70. The Kier molecular flexibility index (Phi) is 6.75. The molecule has 4 amide bonds. The summed E-state index contributed by atoms with van der Waals surface area (Å²) in [4.78, 5) is 56.9. The number of benzene rings is 2. The zero-order valence-corrected chi connectivity index (χ0v) is 22.4. The minimum atomic E-state index is -1.50. The molecule has 9 heteroatoms. The van der Waals surface area contributed by atoms with Crippen molar-refractivity contribution in [2.75, 3.05) is 26.7 Å². The van der Waals surface area contributed by atoms with Crippen LogP contribution < -0.4 is 15.6 Å². The fourth-order valence-corrected chi connectivity index (χ4v) is 6.59. The van der Waals surface area contributed by atoms with Crippen molar-refractivity contribution in [1.82, 2.24) is 19.7 Å². The molecule has 1 N–H and O–H groups in total. The van der Waals surface area contributed by atoms with E-state index >= 15 is 0 Å². The Bertz CT molecular complexity index is 1500. The number of pyridine rings is 1. The number of barbiturate groups is 1. The number of hydrogen-bond acceptors (Lipinski definition) is 6. The number of hydrogen-bond donors (Lipinski definition) is 1. The molecule has 0 saturated carbocycles. The predicted octanol–water partition coefficient (Wildman–Crippen LogP) is 2.78. The molecule has 0 radical (unpaired) electrons. The molecule has 3 aromatic rings. The van der Waals surface area contributed by atoms with Crippen molar-refractivity contribution in [1.29, 1.82) is 0 Å². The summed E-state index contributed by atoms with van der Waals surface area (Å²) < 4.78 is 7.16. The zero-order chi connectivity index (χ0) is 27.9. The number of amides is 4.